The summed E-state index contributed by atoms with van der Waals surface area (Å²) in [5, 5.41) is 5.36. The molecule has 1 aliphatic rings. The van der Waals surface area contributed by atoms with Crippen LogP contribution >= 0.6 is 0 Å². The molecule has 197 valence electrons. The Bertz CT molecular complexity index is 1060. The first-order chi connectivity index (χ1) is 17.2. The molecule has 0 saturated carbocycles. The number of aryl methyl sites for hydroxylation is 2. The molecule has 2 aromatic rings. The van der Waals surface area contributed by atoms with Crippen LogP contribution in [0.2, 0.25) is 0 Å². The monoisotopic (exact) mass is 703 g/mol. The van der Waals surface area contributed by atoms with E-state index in [2.05, 4.69) is 64.4 Å². The van der Waals surface area contributed by atoms with E-state index >= 15 is 0 Å². The molecule has 1 amide bonds. The molecule has 1 aliphatic carbocycles. The van der Waals surface area contributed by atoms with E-state index in [4.69, 9.17) is 18.6 Å². The molecule has 7 nitrogen and oxygen atoms in total. The van der Waals surface area contributed by atoms with Crippen molar-refractivity contribution in [3.63, 3.8) is 0 Å². The van der Waals surface area contributed by atoms with Gasteiger partial charge in [0.05, 0.1) is 0 Å². The number of hydrogen-bond acceptors (Lipinski definition) is 6. The number of furan rings is 1. The number of carbonyl (C=O) groups excluding carboxylic acids is 1. The minimum atomic E-state index is -0.465. The van der Waals surface area contributed by atoms with Gasteiger partial charge in [-0.2, -0.15) is 0 Å². The van der Waals surface area contributed by atoms with Gasteiger partial charge in [0.2, 0.25) is 0 Å². The Morgan fingerprint density at radius 3 is 2.47 bits per heavy atom. The van der Waals surface area contributed by atoms with Gasteiger partial charge in [-0.1, -0.05) is 27.7 Å². The van der Waals surface area contributed by atoms with E-state index in [1.165, 1.54) is 51.1 Å². The maximum atomic E-state index is 12.5. The first-order valence-corrected chi connectivity index (χ1v) is 13.9. The third-order valence-corrected chi connectivity index (χ3v) is 6.71. The molecule has 0 aliphatic heterocycles. The van der Waals surface area contributed by atoms with Crippen LogP contribution in [0.4, 0.5) is 0 Å². The van der Waals surface area contributed by atoms with Crippen molar-refractivity contribution in [2.45, 2.75) is 59.3 Å². The molecule has 3 rings (SSSR count). The van der Waals surface area contributed by atoms with Gasteiger partial charge >= 0.3 is 189 Å². The van der Waals surface area contributed by atoms with Crippen LogP contribution in [0.1, 0.15) is 67.8 Å². The van der Waals surface area contributed by atoms with E-state index in [-0.39, 0.29) is 22.8 Å². The Balaban J connectivity index is 0.000000982. The van der Waals surface area contributed by atoms with Crippen molar-refractivity contribution < 1.29 is 59.8 Å². The molecule has 1 heterocycles. The van der Waals surface area contributed by atoms with Gasteiger partial charge in [0.25, 0.3) is 0 Å². The topological polar surface area (TPSA) is 82.0 Å². The summed E-state index contributed by atoms with van der Waals surface area (Å²) in [4.78, 5) is 12.5. The Morgan fingerprint density at radius 2 is 1.89 bits per heavy atom. The van der Waals surface area contributed by atoms with E-state index in [1.807, 2.05) is 27.8 Å². The molecular weight excluding hydrogens is 667 g/mol. The van der Waals surface area contributed by atoms with Crippen LogP contribution in [0.25, 0.3) is 0 Å². The summed E-state index contributed by atoms with van der Waals surface area (Å²) in [6, 6.07) is 7.49. The number of hydrogen-bond donors (Lipinski definition) is 2. The fourth-order valence-electron chi connectivity index (χ4n) is 3.66. The Hall–Kier alpha value is -1.76. The first-order valence-electron chi connectivity index (χ1n) is 11.7. The van der Waals surface area contributed by atoms with Crippen molar-refractivity contribution in [3.8, 4) is 11.7 Å². The number of methoxy groups -OCH3 is 2. The number of amides is 1. The SMILES string of the molecule is CC.CN[C-]=[W].CO[C-]=C(NC(=O)c1ccc(Oc2cc3c(cc2C)CCCC3(C)C)o1)[C](=[V])OC. The number of carbonyl (C=O) groups is 1. The van der Waals surface area contributed by atoms with Crippen molar-refractivity contribution >= 4 is 14.8 Å². The predicted molar refractivity (Wildman–Crippen MR) is 135 cm³/mol. The maximum absolute atomic E-state index is 12.5. The fourth-order valence-corrected chi connectivity index (χ4v) is 3.82. The Morgan fingerprint density at radius 1 is 1.22 bits per heavy atom. The molecule has 2 N–H and O–H groups in total. The van der Waals surface area contributed by atoms with Crippen LogP contribution in [-0.2, 0) is 57.6 Å². The third kappa shape index (κ3) is 9.28. The summed E-state index contributed by atoms with van der Waals surface area (Å²) in [5.41, 5.74) is 4.11. The molecule has 0 fully saturated rings. The first kappa shape index (κ1) is 32.3. The summed E-state index contributed by atoms with van der Waals surface area (Å²) in [6.07, 6.45) is 6.00. The van der Waals surface area contributed by atoms with Crippen molar-refractivity contribution in [2.75, 3.05) is 21.3 Å². The number of ether oxygens (including phenoxy) is 3. The second-order valence-electron chi connectivity index (χ2n) is 8.23. The average Bonchev–Trinajstić information content (AvgIpc) is 3.34. The van der Waals surface area contributed by atoms with Gasteiger partial charge in [-0.3, -0.25) is 0 Å². The minimum absolute atomic E-state index is 0.104. The van der Waals surface area contributed by atoms with Gasteiger partial charge in [-0.15, -0.1) is 0 Å². The van der Waals surface area contributed by atoms with Crippen molar-refractivity contribution in [3.05, 3.63) is 58.7 Å². The molecule has 1 aromatic heterocycles. The summed E-state index contributed by atoms with van der Waals surface area (Å²) in [5.74, 6) is 0.626. The number of nitrogens with one attached hydrogen (secondary N) is 2. The Labute approximate surface area is 235 Å². The zero-order valence-corrected chi connectivity index (χ0v) is 26.7. The van der Waals surface area contributed by atoms with Crippen molar-refractivity contribution in [1.82, 2.24) is 10.6 Å². The zero-order valence-electron chi connectivity index (χ0n) is 22.3. The molecule has 0 atom stereocenters. The van der Waals surface area contributed by atoms with Crippen molar-refractivity contribution in [1.29, 1.82) is 0 Å². The van der Waals surface area contributed by atoms with Gasteiger partial charge < -0.3 is 0 Å². The number of benzene rings is 1. The van der Waals surface area contributed by atoms with Gasteiger partial charge in [0.15, 0.2) is 0 Å². The number of rotatable bonds is 8. The second-order valence-corrected chi connectivity index (χ2v) is 9.60. The molecule has 1 aromatic carbocycles. The van der Waals surface area contributed by atoms with Crippen LogP contribution in [-0.4, -0.2) is 36.1 Å². The van der Waals surface area contributed by atoms with E-state index in [0.717, 1.165) is 24.2 Å². The summed E-state index contributed by atoms with van der Waals surface area (Å²) in [7, 11) is 4.76. The van der Waals surface area contributed by atoms with E-state index in [0.29, 0.717) is 4.41 Å². The third-order valence-electron chi connectivity index (χ3n) is 5.35. The quantitative estimate of drug-likeness (QED) is 0.235. The van der Waals surface area contributed by atoms with Gasteiger partial charge in [-0.25, -0.2) is 0 Å². The molecule has 0 bridgehead atoms. The molecular formula is C27H36N2O5VW-2. The standard InChI is InChI=1S/C23H26NO5.C2H4N.C2H6.V.W/c1-15-11-16-7-6-10-23(2,3)18(16)12-20(15)29-21-9-8-19(28-21)22(25)24-17(13-26-4)14-27-5;1-3-2;1-2;;/h8-9,11-12H,6-7,10H2,1-5H3,(H,24,25);3H,1H3;1-2H3;;/q2*-1;;;. The molecule has 0 saturated heterocycles. The molecule has 36 heavy (non-hydrogen) atoms. The predicted octanol–water partition coefficient (Wildman–Crippen LogP) is 4.75. The molecule has 0 spiro atoms. The second kappa shape index (κ2) is 16.2. The van der Waals surface area contributed by atoms with Crippen LogP contribution in [0, 0.1) is 13.2 Å². The van der Waals surface area contributed by atoms with Crippen LogP contribution in [0.5, 0.6) is 11.7 Å². The summed E-state index contributed by atoms with van der Waals surface area (Å²) < 4.78 is 24.7. The molecule has 0 unspecified atom stereocenters. The number of fused-ring (bicyclic) bond motifs is 1. The summed E-state index contributed by atoms with van der Waals surface area (Å²) >= 11 is 3.54. The van der Waals surface area contributed by atoms with E-state index < -0.39 is 5.91 Å². The molecule has 0 radical (unpaired) electrons. The summed E-state index contributed by atoms with van der Waals surface area (Å²) in [6.45, 7) is 10.5. The zero-order chi connectivity index (χ0) is 27.3. The average molecular weight is 703 g/mol. The van der Waals surface area contributed by atoms with E-state index in [1.54, 1.807) is 12.1 Å². The van der Waals surface area contributed by atoms with Gasteiger partial charge in [0.1, 0.15) is 0 Å². The van der Waals surface area contributed by atoms with Crippen LogP contribution < -0.4 is 15.4 Å². The van der Waals surface area contributed by atoms with Crippen molar-refractivity contribution in [2.24, 2.45) is 0 Å². The molecule has 9 heteroatoms. The fraction of sp³-hybridized carbons (Fsp3) is 0.444. The normalized spacial score (nSPS) is 13.6. The van der Waals surface area contributed by atoms with E-state index in [9.17, 15) is 4.79 Å². The van der Waals surface area contributed by atoms with Gasteiger partial charge in [-0.05, 0) is 19.3 Å². The van der Waals surface area contributed by atoms with Crippen LogP contribution in [0.3, 0.4) is 0 Å². The van der Waals surface area contributed by atoms with Gasteiger partial charge in [0, 0.05) is 0 Å². The van der Waals surface area contributed by atoms with Crippen LogP contribution in [0.15, 0.2) is 34.4 Å². The Kier molecular flexibility index (Phi) is 14.5.